The molecule has 162 valence electrons. The topological polar surface area (TPSA) is 111 Å². The number of benzene rings is 2. The Morgan fingerprint density at radius 2 is 1.70 bits per heavy atom. The summed E-state index contributed by atoms with van der Waals surface area (Å²) in [5, 5.41) is 2.83. The molecule has 0 spiro atoms. The molecule has 30 heavy (non-hydrogen) atoms. The van der Waals surface area contributed by atoms with E-state index in [-0.39, 0.29) is 14.9 Å². The lowest BCUT2D eigenvalue weighted by molar-refractivity contribution is -0.154. The van der Waals surface area contributed by atoms with Crippen LogP contribution in [-0.4, -0.2) is 39.5 Å². The van der Waals surface area contributed by atoms with Gasteiger partial charge < -0.3 is 14.8 Å². The Morgan fingerprint density at radius 3 is 2.33 bits per heavy atom. The third-order valence-corrected chi connectivity index (χ3v) is 6.19. The fraction of sp³-hybridized carbons (Fsp3) is 0.263. The molecule has 0 aliphatic rings. The van der Waals surface area contributed by atoms with Crippen molar-refractivity contribution in [2.24, 2.45) is 0 Å². The summed E-state index contributed by atoms with van der Waals surface area (Å²) in [7, 11) is -2.61. The first-order valence-corrected chi connectivity index (χ1v) is 10.9. The largest absolute Gasteiger partial charge is 0.495 e. The average Bonchev–Trinajstić information content (AvgIpc) is 2.69. The second kappa shape index (κ2) is 10.1. The number of sulfonamides is 1. The molecule has 2 rings (SSSR count). The van der Waals surface area contributed by atoms with Gasteiger partial charge >= 0.3 is 5.97 Å². The maximum atomic E-state index is 12.4. The molecule has 0 heterocycles. The third kappa shape index (κ3) is 6.09. The highest BCUT2D eigenvalue weighted by Gasteiger charge is 2.27. The minimum absolute atomic E-state index is 0.0522. The van der Waals surface area contributed by atoms with E-state index in [2.05, 4.69) is 10.0 Å². The molecule has 0 saturated carbocycles. The van der Waals surface area contributed by atoms with Gasteiger partial charge in [-0.2, -0.15) is 4.72 Å². The van der Waals surface area contributed by atoms with Crippen LogP contribution < -0.4 is 14.8 Å². The monoisotopic (exact) mass is 474 g/mol. The molecule has 11 heteroatoms. The lowest BCUT2D eigenvalue weighted by Gasteiger charge is -2.18. The summed E-state index contributed by atoms with van der Waals surface area (Å²) in [5.41, 5.74) is 0.404. The normalized spacial score (nSPS) is 13.2. The van der Waals surface area contributed by atoms with Gasteiger partial charge in [-0.1, -0.05) is 35.3 Å². The van der Waals surface area contributed by atoms with Crippen LogP contribution in [0.2, 0.25) is 10.0 Å². The third-order valence-electron chi connectivity index (χ3n) is 3.91. The quantitative estimate of drug-likeness (QED) is 0.568. The molecule has 0 radical (unpaired) electrons. The zero-order valence-corrected chi connectivity index (χ0v) is 18.6. The molecule has 0 aliphatic heterocycles. The number of amides is 1. The van der Waals surface area contributed by atoms with Crippen molar-refractivity contribution in [2.75, 3.05) is 12.4 Å². The van der Waals surface area contributed by atoms with Crippen LogP contribution in [0.15, 0.2) is 47.4 Å². The predicted molar refractivity (Wildman–Crippen MR) is 113 cm³/mol. The van der Waals surface area contributed by atoms with E-state index in [1.165, 1.54) is 33.1 Å². The molecule has 8 nitrogen and oxygen atoms in total. The van der Waals surface area contributed by atoms with Crippen LogP contribution in [0.1, 0.15) is 13.8 Å². The summed E-state index contributed by atoms with van der Waals surface area (Å²) < 4.78 is 37.3. The molecule has 0 bridgehead atoms. The van der Waals surface area contributed by atoms with E-state index in [0.717, 1.165) is 6.07 Å². The Labute approximate surface area is 184 Å². The molecule has 2 N–H and O–H groups in total. The first-order chi connectivity index (χ1) is 14.0. The van der Waals surface area contributed by atoms with Gasteiger partial charge in [0.15, 0.2) is 6.10 Å². The minimum atomic E-state index is -4.07. The Morgan fingerprint density at radius 1 is 1.03 bits per heavy atom. The van der Waals surface area contributed by atoms with Gasteiger partial charge in [0.2, 0.25) is 10.0 Å². The Balaban J connectivity index is 2.00. The van der Waals surface area contributed by atoms with Gasteiger partial charge in [0, 0.05) is 0 Å². The van der Waals surface area contributed by atoms with Crippen LogP contribution in [0, 0.1) is 0 Å². The molecular weight excluding hydrogens is 455 g/mol. The fourth-order valence-electron chi connectivity index (χ4n) is 2.30. The summed E-state index contributed by atoms with van der Waals surface area (Å²) in [4.78, 5) is 24.4. The van der Waals surface area contributed by atoms with E-state index in [9.17, 15) is 18.0 Å². The maximum absolute atomic E-state index is 12.4. The van der Waals surface area contributed by atoms with Crippen LogP contribution in [-0.2, 0) is 24.3 Å². The molecule has 1 amide bonds. The van der Waals surface area contributed by atoms with Gasteiger partial charge in [-0.25, -0.2) is 8.42 Å². The number of methoxy groups -OCH3 is 1. The Hall–Kier alpha value is -2.33. The standard InChI is InChI=1S/C19H20Cl2N2O6S/c1-11(23-30(26,27)13-8-9-14(20)15(21)10-13)19(25)29-12(2)18(24)22-16-6-4-5-7-17(16)28-3/h4-12,23H,1-3H3,(H,22,24)/t11-,12?/m0/s1. The summed E-state index contributed by atoms with van der Waals surface area (Å²) in [6, 6.07) is 9.20. The number of ether oxygens (including phenoxy) is 2. The van der Waals surface area contributed by atoms with Crippen LogP contribution in [0.3, 0.4) is 0 Å². The zero-order chi connectivity index (χ0) is 22.5. The van der Waals surface area contributed by atoms with Gasteiger partial charge in [-0.05, 0) is 44.2 Å². The summed E-state index contributed by atoms with van der Waals surface area (Å²) >= 11 is 11.6. The zero-order valence-electron chi connectivity index (χ0n) is 16.3. The van der Waals surface area contributed by atoms with E-state index in [1.54, 1.807) is 24.3 Å². The number of anilines is 1. The van der Waals surface area contributed by atoms with E-state index < -0.39 is 34.0 Å². The lowest BCUT2D eigenvalue weighted by Crippen LogP contribution is -2.42. The highest BCUT2D eigenvalue weighted by Crippen LogP contribution is 2.25. The van der Waals surface area contributed by atoms with Crippen molar-refractivity contribution in [3.8, 4) is 5.75 Å². The van der Waals surface area contributed by atoms with E-state index >= 15 is 0 Å². The van der Waals surface area contributed by atoms with E-state index in [4.69, 9.17) is 32.7 Å². The molecule has 0 aliphatic carbocycles. The molecule has 2 aromatic carbocycles. The van der Waals surface area contributed by atoms with Gasteiger partial charge in [-0.3, -0.25) is 9.59 Å². The first-order valence-electron chi connectivity index (χ1n) is 8.67. The number of carbonyl (C=O) groups excluding carboxylic acids is 2. The number of esters is 1. The first kappa shape index (κ1) is 23.9. The van der Waals surface area contributed by atoms with Gasteiger partial charge in [0.1, 0.15) is 11.8 Å². The second-order valence-corrected chi connectivity index (χ2v) is 8.72. The van der Waals surface area contributed by atoms with Crippen molar-refractivity contribution >= 4 is 50.8 Å². The van der Waals surface area contributed by atoms with Crippen molar-refractivity contribution < 1.29 is 27.5 Å². The van der Waals surface area contributed by atoms with E-state index in [1.807, 2.05) is 0 Å². The molecule has 0 aromatic heterocycles. The van der Waals surface area contributed by atoms with E-state index in [0.29, 0.717) is 11.4 Å². The number of hydrogen-bond donors (Lipinski definition) is 2. The molecular formula is C19H20Cl2N2O6S. The van der Waals surface area contributed by atoms with Gasteiger partial charge in [-0.15, -0.1) is 0 Å². The van der Waals surface area contributed by atoms with Crippen LogP contribution in [0.4, 0.5) is 5.69 Å². The highest BCUT2D eigenvalue weighted by atomic mass is 35.5. The van der Waals surface area contributed by atoms with Gasteiger partial charge in [0.25, 0.3) is 5.91 Å². The molecule has 2 aromatic rings. The average molecular weight is 475 g/mol. The number of para-hydroxylation sites is 2. The molecule has 1 unspecified atom stereocenters. The SMILES string of the molecule is COc1ccccc1NC(=O)C(C)OC(=O)[C@H](C)NS(=O)(=O)c1ccc(Cl)c(Cl)c1. The van der Waals surface area contributed by atoms with Crippen LogP contribution >= 0.6 is 23.2 Å². The summed E-state index contributed by atoms with van der Waals surface area (Å²) in [6.07, 6.45) is -1.18. The number of hydrogen-bond acceptors (Lipinski definition) is 6. The van der Waals surface area contributed by atoms with Crippen molar-refractivity contribution in [1.29, 1.82) is 0 Å². The van der Waals surface area contributed by atoms with Crippen molar-refractivity contribution in [3.05, 3.63) is 52.5 Å². The second-order valence-electron chi connectivity index (χ2n) is 6.19. The number of carbonyl (C=O) groups is 2. The van der Waals surface area contributed by atoms with Crippen LogP contribution in [0.25, 0.3) is 0 Å². The van der Waals surface area contributed by atoms with Gasteiger partial charge in [0.05, 0.1) is 27.7 Å². The minimum Gasteiger partial charge on any atom is -0.495 e. The summed E-state index contributed by atoms with van der Waals surface area (Å²) in [5.74, 6) is -1.10. The molecule has 2 atom stereocenters. The highest BCUT2D eigenvalue weighted by molar-refractivity contribution is 7.89. The Kier molecular flexibility index (Phi) is 8.08. The lowest BCUT2D eigenvalue weighted by atomic mass is 10.2. The number of rotatable bonds is 8. The van der Waals surface area contributed by atoms with Crippen LogP contribution in [0.5, 0.6) is 5.75 Å². The van der Waals surface area contributed by atoms with Crippen molar-refractivity contribution in [2.45, 2.75) is 30.9 Å². The number of halogens is 2. The van der Waals surface area contributed by atoms with Crippen molar-refractivity contribution in [3.63, 3.8) is 0 Å². The molecule has 0 saturated heterocycles. The van der Waals surface area contributed by atoms with Crippen molar-refractivity contribution in [1.82, 2.24) is 4.72 Å². The predicted octanol–water partition coefficient (Wildman–Crippen LogP) is 3.24. The smallest absolute Gasteiger partial charge is 0.324 e. The number of nitrogens with one attached hydrogen (secondary N) is 2. The maximum Gasteiger partial charge on any atom is 0.324 e. The molecule has 0 fully saturated rings. The Bertz CT molecular complexity index is 1050. The summed E-state index contributed by atoms with van der Waals surface area (Å²) in [6.45, 7) is 2.66. The fourth-order valence-corrected chi connectivity index (χ4v) is 3.89.